The van der Waals surface area contributed by atoms with Gasteiger partial charge in [0.25, 0.3) is 5.91 Å². The first-order valence-electron chi connectivity index (χ1n) is 10.7. The van der Waals surface area contributed by atoms with Gasteiger partial charge in [0.15, 0.2) is 24.1 Å². The molecule has 1 amide bonds. The predicted molar refractivity (Wildman–Crippen MR) is 135 cm³/mol. The zero-order chi connectivity index (χ0) is 21.5. The van der Waals surface area contributed by atoms with E-state index in [0.29, 0.717) is 13.1 Å². The van der Waals surface area contributed by atoms with Crippen molar-refractivity contribution in [2.24, 2.45) is 4.99 Å². The quantitative estimate of drug-likeness (QED) is 0.227. The van der Waals surface area contributed by atoms with Gasteiger partial charge in [-0.1, -0.05) is 18.2 Å². The average Bonchev–Trinajstić information content (AvgIpc) is 3.26. The van der Waals surface area contributed by atoms with Gasteiger partial charge in [-0.2, -0.15) is 0 Å². The highest BCUT2D eigenvalue weighted by molar-refractivity contribution is 14.0. The Labute approximate surface area is 205 Å². The first-order valence-corrected chi connectivity index (χ1v) is 10.7. The fourth-order valence-corrected chi connectivity index (χ4v) is 3.58. The van der Waals surface area contributed by atoms with E-state index in [4.69, 9.17) is 14.2 Å². The van der Waals surface area contributed by atoms with Crippen LogP contribution in [0.15, 0.2) is 47.5 Å². The number of fused-ring (bicyclic) bond motifs is 2. The normalized spacial score (nSPS) is 14.3. The summed E-state index contributed by atoms with van der Waals surface area (Å²) >= 11 is 0. The molecule has 2 N–H and O–H groups in total. The van der Waals surface area contributed by atoms with Gasteiger partial charge in [-0.3, -0.25) is 9.79 Å². The average molecular weight is 552 g/mol. The van der Waals surface area contributed by atoms with Gasteiger partial charge < -0.3 is 29.7 Å². The van der Waals surface area contributed by atoms with Crippen molar-refractivity contribution in [2.75, 3.05) is 44.5 Å². The predicted octanol–water partition coefficient (Wildman–Crippen LogP) is 2.95. The maximum Gasteiger partial charge on any atom is 0.265 e. The van der Waals surface area contributed by atoms with Crippen LogP contribution < -0.4 is 29.7 Å². The highest BCUT2D eigenvalue weighted by atomic mass is 127. The van der Waals surface area contributed by atoms with Crippen molar-refractivity contribution in [3.05, 3.63) is 48.0 Å². The number of carbonyl (C=O) groups excluding carboxylic acids is 1. The molecule has 8 nitrogen and oxygen atoms in total. The fraction of sp³-hybridized carbons (Fsp3) is 0.391. The Bertz CT molecular complexity index is 953. The maximum atomic E-state index is 12.3. The number of ether oxygens (including phenoxy) is 3. The number of aliphatic imine (C=N–C) groups is 1. The summed E-state index contributed by atoms with van der Waals surface area (Å²) in [5, 5.41) is 6.63. The van der Waals surface area contributed by atoms with Crippen molar-refractivity contribution in [3.8, 4) is 17.2 Å². The van der Waals surface area contributed by atoms with Crippen LogP contribution in [0.2, 0.25) is 0 Å². The first kappa shape index (κ1) is 24.0. The number of guanidine groups is 1. The van der Waals surface area contributed by atoms with Crippen LogP contribution in [0.25, 0.3) is 0 Å². The third kappa shape index (κ3) is 5.96. The van der Waals surface area contributed by atoms with Gasteiger partial charge in [-0.05, 0) is 49.6 Å². The number of para-hydroxylation sites is 2. The minimum absolute atomic E-state index is 0. The SMILES string of the molecule is CCNC(=NCCCN1C(=O)COc2ccccc21)NCCc1ccc2c(c1)OCO2.I. The molecule has 32 heavy (non-hydrogen) atoms. The number of hydrogen-bond donors (Lipinski definition) is 2. The summed E-state index contributed by atoms with van der Waals surface area (Å²) in [4.78, 5) is 18.7. The molecular weight excluding hydrogens is 523 g/mol. The van der Waals surface area contributed by atoms with E-state index >= 15 is 0 Å². The van der Waals surface area contributed by atoms with Gasteiger partial charge in [0.05, 0.1) is 5.69 Å². The topological polar surface area (TPSA) is 84.4 Å². The molecule has 2 aliphatic rings. The molecule has 9 heteroatoms. The zero-order valence-corrected chi connectivity index (χ0v) is 20.5. The molecular formula is C23H29IN4O4. The van der Waals surface area contributed by atoms with Gasteiger partial charge in [-0.25, -0.2) is 0 Å². The summed E-state index contributed by atoms with van der Waals surface area (Å²) in [5.74, 6) is 3.11. The van der Waals surface area contributed by atoms with Crippen molar-refractivity contribution in [3.63, 3.8) is 0 Å². The third-order valence-electron chi connectivity index (χ3n) is 5.11. The van der Waals surface area contributed by atoms with Crippen molar-refractivity contribution in [1.82, 2.24) is 10.6 Å². The van der Waals surface area contributed by atoms with E-state index in [2.05, 4.69) is 21.7 Å². The van der Waals surface area contributed by atoms with Crippen LogP contribution in [0.3, 0.4) is 0 Å². The van der Waals surface area contributed by atoms with Crippen LogP contribution >= 0.6 is 24.0 Å². The standard InChI is InChI=1S/C23H28N4O4.HI/c1-2-24-23(26-12-10-17-8-9-20-21(14-17)31-16-30-20)25-11-5-13-27-18-6-3-4-7-19(18)29-15-22(27)28;/h3-4,6-9,14H,2,5,10-13,15-16H2,1H3,(H2,24,25,26);1H. The number of amides is 1. The minimum Gasteiger partial charge on any atom is -0.482 e. The summed E-state index contributed by atoms with van der Waals surface area (Å²) in [6.07, 6.45) is 1.61. The number of benzene rings is 2. The number of rotatable bonds is 8. The Balaban J connectivity index is 0.00000289. The molecule has 0 atom stereocenters. The second kappa shape index (κ2) is 11.8. The molecule has 0 spiro atoms. The Hall–Kier alpha value is -2.69. The van der Waals surface area contributed by atoms with E-state index in [1.807, 2.05) is 43.3 Å². The van der Waals surface area contributed by atoms with Crippen LogP contribution in [-0.2, 0) is 11.2 Å². The van der Waals surface area contributed by atoms with Crippen LogP contribution in [-0.4, -0.2) is 51.4 Å². The van der Waals surface area contributed by atoms with Gasteiger partial charge in [-0.15, -0.1) is 24.0 Å². The van der Waals surface area contributed by atoms with E-state index in [0.717, 1.165) is 54.8 Å². The van der Waals surface area contributed by atoms with Crippen LogP contribution in [0.1, 0.15) is 18.9 Å². The molecule has 172 valence electrons. The molecule has 2 aromatic rings. The molecule has 0 aliphatic carbocycles. The summed E-state index contributed by atoms with van der Waals surface area (Å²) in [6, 6.07) is 13.6. The number of nitrogens with one attached hydrogen (secondary N) is 2. The molecule has 0 fully saturated rings. The highest BCUT2D eigenvalue weighted by Crippen LogP contribution is 2.33. The molecule has 0 radical (unpaired) electrons. The largest absolute Gasteiger partial charge is 0.482 e. The van der Waals surface area contributed by atoms with Crippen LogP contribution in [0.5, 0.6) is 17.2 Å². The molecule has 0 aromatic heterocycles. The first-order chi connectivity index (χ1) is 15.2. The lowest BCUT2D eigenvalue weighted by Gasteiger charge is -2.29. The number of nitrogens with zero attached hydrogens (tertiary/aromatic N) is 2. The Kier molecular flexibility index (Phi) is 8.83. The number of carbonyl (C=O) groups is 1. The monoisotopic (exact) mass is 552 g/mol. The fourth-order valence-electron chi connectivity index (χ4n) is 3.58. The Morgan fingerprint density at radius 3 is 2.78 bits per heavy atom. The second-order valence-electron chi connectivity index (χ2n) is 7.28. The van der Waals surface area contributed by atoms with E-state index < -0.39 is 0 Å². The molecule has 0 bridgehead atoms. The van der Waals surface area contributed by atoms with Crippen molar-refractivity contribution in [2.45, 2.75) is 19.8 Å². The molecule has 0 saturated heterocycles. The van der Waals surface area contributed by atoms with Crippen molar-refractivity contribution in [1.29, 1.82) is 0 Å². The molecule has 0 saturated carbocycles. The third-order valence-corrected chi connectivity index (χ3v) is 5.11. The molecule has 2 heterocycles. The van der Waals surface area contributed by atoms with Gasteiger partial charge in [0.2, 0.25) is 6.79 Å². The van der Waals surface area contributed by atoms with Gasteiger partial charge in [0, 0.05) is 26.2 Å². The minimum atomic E-state index is -0.0172. The summed E-state index contributed by atoms with van der Waals surface area (Å²) in [5.41, 5.74) is 2.01. The maximum absolute atomic E-state index is 12.3. The number of anilines is 1. The smallest absolute Gasteiger partial charge is 0.265 e. The zero-order valence-electron chi connectivity index (χ0n) is 18.1. The van der Waals surface area contributed by atoms with Crippen LogP contribution in [0, 0.1) is 0 Å². The van der Waals surface area contributed by atoms with Crippen molar-refractivity contribution < 1.29 is 19.0 Å². The Morgan fingerprint density at radius 1 is 1.06 bits per heavy atom. The Morgan fingerprint density at radius 2 is 1.91 bits per heavy atom. The van der Waals surface area contributed by atoms with Crippen molar-refractivity contribution >= 4 is 41.5 Å². The molecule has 2 aliphatic heterocycles. The summed E-state index contributed by atoms with van der Waals surface area (Å²) in [6.45, 7) is 5.18. The molecule has 4 rings (SSSR count). The van der Waals surface area contributed by atoms with Gasteiger partial charge >= 0.3 is 0 Å². The van der Waals surface area contributed by atoms with Crippen LogP contribution in [0.4, 0.5) is 5.69 Å². The van der Waals surface area contributed by atoms with Gasteiger partial charge in [0.1, 0.15) is 5.75 Å². The number of halogens is 1. The van der Waals surface area contributed by atoms with E-state index in [1.165, 1.54) is 5.56 Å². The summed E-state index contributed by atoms with van der Waals surface area (Å²) < 4.78 is 16.3. The lowest BCUT2D eigenvalue weighted by atomic mass is 10.1. The van der Waals surface area contributed by atoms with E-state index in [-0.39, 0.29) is 43.3 Å². The van der Waals surface area contributed by atoms with E-state index in [1.54, 1.807) is 4.90 Å². The lowest BCUT2D eigenvalue weighted by molar-refractivity contribution is -0.121. The highest BCUT2D eigenvalue weighted by Gasteiger charge is 2.24. The molecule has 0 unspecified atom stereocenters. The van der Waals surface area contributed by atoms with E-state index in [9.17, 15) is 4.79 Å². The molecule has 2 aromatic carbocycles. The summed E-state index contributed by atoms with van der Waals surface area (Å²) in [7, 11) is 0. The second-order valence-corrected chi connectivity index (χ2v) is 7.28. The lowest BCUT2D eigenvalue weighted by Crippen LogP contribution is -2.40. The number of hydrogen-bond acceptors (Lipinski definition) is 5.